The van der Waals surface area contributed by atoms with Gasteiger partial charge >= 0.3 is 6.18 Å². The molecular weight excluding hydrogens is 133 g/mol. The molecule has 54 valence electrons. The molecule has 0 amide bonds. The second-order valence-electron chi connectivity index (χ2n) is 1.43. The molecular formula is C5H7F3O. The van der Waals surface area contributed by atoms with Crippen LogP contribution >= 0.6 is 0 Å². The molecule has 1 nitrogen and oxygen atoms in total. The fourth-order valence-corrected chi connectivity index (χ4v) is 0.363. The monoisotopic (exact) mass is 140 g/mol. The minimum absolute atomic E-state index is 0.708. The molecule has 0 radical (unpaired) electrons. The highest BCUT2D eigenvalue weighted by atomic mass is 19.4. The Kier molecular flexibility index (Phi) is 2.70. The SMILES string of the molecule is C=CC(OC)C(F)(F)F. The van der Waals surface area contributed by atoms with E-state index in [2.05, 4.69) is 11.3 Å². The topological polar surface area (TPSA) is 9.23 Å². The van der Waals surface area contributed by atoms with Gasteiger partial charge in [-0.15, -0.1) is 6.58 Å². The first-order valence-corrected chi connectivity index (χ1v) is 2.24. The molecule has 9 heavy (non-hydrogen) atoms. The number of hydrogen-bond acceptors (Lipinski definition) is 1. The standard InChI is InChI=1S/C5H7F3O/c1-3-4(9-2)5(6,7)8/h3-4H,1H2,2H3. The molecule has 4 heteroatoms. The molecule has 0 rings (SSSR count). The lowest BCUT2D eigenvalue weighted by Gasteiger charge is -2.13. The van der Waals surface area contributed by atoms with Crippen LogP contribution in [0.3, 0.4) is 0 Å². The van der Waals surface area contributed by atoms with Gasteiger partial charge in [0.15, 0.2) is 6.10 Å². The molecule has 0 aromatic carbocycles. The van der Waals surface area contributed by atoms with Crippen LogP contribution in [0.4, 0.5) is 13.2 Å². The molecule has 1 atom stereocenters. The number of rotatable bonds is 2. The zero-order valence-corrected chi connectivity index (χ0v) is 4.90. The Hall–Kier alpha value is -0.510. The van der Waals surface area contributed by atoms with Gasteiger partial charge in [-0.25, -0.2) is 0 Å². The van der Waals surface area contributed by atoms with E-state index in [9.17, 15) is 13.2 Å². The van der Waals surface area contributed by atoms with E-state index in [0.29, 0.717) is 6.08 Å². The van der Waals surface area contributed by atoms with Gasteiger partial charge in [-0.05, 0) is 0 Å². The van der Waals surface area contributed by atoms with Crippen molar-refractivity contribution in [3.8, 4) is 0 Å². The van der Waals surface area contributed by atoms with Crippen LogP contribution in [0.2, 0.25) is 0 Å². The van der Waals surface area contributed by atoms with Crippen LogP contribution in [-0.4, -0.2) is 19.4 Å². The summed E-state index contributed by atoms with van der Waals surface area (Å²) in [5, 5.41) is 0. The maximum atomic E-state index is 11.5. The van der Waals surface area contributed by atoms with Gasteiger partial charge in [0.25, 0.3) is 0 Å². The summed E-state index contributed by atoms with van der Waals surface area (Å²) in [6.07, 6.45) is -5.45. The summed E-state index contributed by atoms with van der Waals surface area (Å²) in [5.74, 6) is 0. The Morgan fingerprint density at radius 2 is 2.00 bits per heavy atom. The Balaban J connectivity index is 3.94. The van der Waals surface area contributed by atoms with Crippen LogP contribution in [0, 0.1) is 0 Å². The predicted molar refractivity (Wildman–Crippen MR) is 27.0 cm³/mol. The second kappa shape index (κ2) is 2.87. The molecule has 0 aliphatic rings. The molecule has 0 heterocycles. The molecule has 0 N–H and O–H groups in total. The average Bonchev–Trinajstić information content (AvgIpc) is 1.65. The summed E-state index contributed by atoms with van der Waals surface area (Å²) in [4.78, 5) is 0. The van der Waals surface area contributed by atoms with Crippen molar-refractivity contribution in [2.75, 3.05) is 7.11 Å². The predicted octanol–water partition coefficient (Wildman–Crippen LogP) is 1.75. The maximum absolute atomic E-state index is 11.5. The molecule has 0 fully saturated rings. The number of methoxy groups -OCH3 is 1. The summed E-state index contributed by atoms with van der Waals surface area (Å²) in [6, 6.07) is 0. The molecule has 0 aliphatic carbocycles. The summed E-state index contributed by atoms with van der Waals surface area (Å²) in [5.41, 5.74) is 0. The first-order valence-electron chi connectivity index (χ1n) is 2.24. The van der Waals surface area contributed by atoms with E-state index in [1.807, 2.05) is 0 Å². The molecule has 1 unspecified atom stereocenters. The van der Waals surface area contributed by atoms with Crippen LogP contribution in [0.25, 0.3) is 0 Å². The van der Waals surface area contributed by atoms with Gasteiger partial charge in [-0.3, -0.25) is 0 Å². The van der Waals surface area contributed by atoms with E-state index in [1.165, 1.54) is 0 Å². The van der Waals surface area contributed by atoms with Crippen molar-refractivity contribution in [3.05, 3.63) is 12.7 Å². The third-order valence-electron chi connectivity index (χ3n) is 0.791. The van der Waals surface area contributed by atoms with Gasteiger partial charge in [0, 0.05) is 7.11 Å². The van der Waals surface area contributed by atoms with Crippen molar-refractivity contribution in [1.29, 1.82) is 0 Å². The van der Waals surface area contributed by atoms with Crippen LogP contribution < -0.4 is 0 Å². The number of hydrogen-bond donors (Lipinski definition) is 0. The van der Waals surface area contributed by atoms with Crippen LogP contribution in [0.5, 0.6) is 0 Å². The lowest BCUT2D eigenvalue weighted by Crippen LogP contribution is -2.28. The Labute approximate surface area is 51.1 Å². The highest BCUT2D eigenvalue weighted by Crippen LogP contribution is 2.22. The van der Waals surface area contributed by atoms with Crippen molar-refractivity contribution in [2.45, 2.75) is 12.3 Å². The van der Waals surface area contributed by atoms with Crippen LogP contribution in [0.15, 0.2) is 12.7 Å². The molecule has 0 saturated heterocycles. The van der Waals surface area contributed by atoms with E-state index in [0.717, 1.165) is 7.11 Å². The summed E-state index contributed by atoms with van der Waals surface area (Å²) in [7, 11) is 0.986. The number of alkyl halides is 3. The minimum Gasteiger partial charge on any atom is -0.368 e. The van der Waals surface area contributed by atoms with Crippen molar-refractivity contribution in [1.82, 2.24) is 0 Å². The quantitative estimate of drug-likeness (QED) is 0.531. The zero-order valence-electron chi connectivity index (χ0n) is 4.90. The average molecular weight is 140 g/mol. The summed E-state index contributed by atoms with van der Waals surface area (Å²) >= 11 is 0. The molecule has 0 aliphatic heterocycles. The van der Waals surface area contributed by atoms with Crippen molar-refractivity contribution in [2.24, 2.45) is 0 Å². The third kappa shape index (κ3) is 2.51. The van der Waals surface area contributed by atoms with Gasteiger partial charge < -0.3 is 4.74 Å². The molecule has 0 bridgehead atoms. The van der Waals surface area contributed by atoms with Crippen LogP contribution in [0.1, 0.15) is 0 Å². The largest absolute Gasteiger partial charge is 0.418 e. The van der Waals surface area contributed by atoms with E-state index in [-0.39, 0.29) is 0 Å². The Bertz CT molecular complexity index is 96.9. The highest BCUT2D eigenvalue weighted by molar-refractivity contribution is 4.85. The van der Waals surface area contributed by atoms with Crippen molar-refractivity contribution in [3.63, 3.8) is 0 Å². The van der Waals surface area contributed by atoms with E-state index < -0.39 is 12.3 Å². The number of halogens is 3. The van der Waals surface area contributed by atoms with E-state index >= 15 is 0 Å². The normalized spacial score (nSPS) is 15.1. The van der Waals surface area contributed by atoms with Gasteiger partial charge in [-0.1, -0.05) is 6.08 Å². The van der Waals surface area contributed by atoms with Gasteiger partial charge in [0.2, 0.25) is 0 Å². The smallest absolute Gasteiger partial charge is 0.368 e. The third-order valence-corrected chi connectivity index (χ3v) is 0.791. The van der Waals surface area contributed by atoms with Crippen molar-refractivity contribution < 1.29 is 17.9 Å². The Morgan fingerprint density at radius 3 is 2.00 bits per heavy atom. The fraction of sp³-hybridized carbons (Fsp3) is 0.600. The zero-order chi connectivity index (χ0) is 7.49. The maximum Gasteiger partial charge on any atom is 0.418 e. The summed E-state index contributed by atoms with van der Waals surface area (Å²) < 4.78 is 38.6. The first-order chi connectivity index (χ1) is 4.02. The lowest BCUT2D eigenvalue weighted by molar-refractivity contribution is -0.196. The van der Waals surface area contributed by atoms with Crippen molar-refractivity contribution >= 4 is 0 Å². The van der Waals surface area contributed by atoms with Gasteiger partial charge in [0.1, 0.15) is 0 Å². The molecule has 0 spiro atoms. The molecule has 0 aromatic rings. The van der Waals surface area contributed by atoms with Gasteiger partial charge in [0.05, 0.1) is 0 Å². The second-order valence-corrected chi connectivity index (χ2v) is 1.43. The lowest BCUT2D eigenvalue weighted by atomic mass is 10.3. The van der Waals surface area contributed by atoms with Crippen LogP contribution in [-0.2, 0) is 4.74 Å². The Morgan fingerprint density at radius 1 is 1.56 bits per heavy atom. The van der Waals surface area contributed by atoms with E-state index in [1.54, 1.807) is 0 Å². The minimum atomic E-state index is -4.32. The molecule has 0 aromatic heterocycles. The van der Waals surface area contributed by atoms with Gasteiger partial charge in [-0.2, -0.15) is 13.2 Å². The highest BCUT2D eigenvalue weighted by Gasteiger charge is 2.37. The van der Waals surface area contributed by atoms with E-state index in [4.69, 9.17) is 0 Å². The number of ether oxygens (including phenoxy) is 1. The fourth-order valence-electron chi connectivity index (χ4n) is 0.363. The molecule has 0 saturated carbocycles. The summed E-state index contributed by atoms with van der Waals surface area (Å²) in [6.45, 7) is 2.95. The first kappa shape index (κ1) is 8.49.